The highest BCUT2D eigenvalue weighted by Crippen LogP contribution is 2.33. The molecular weight excluding hydrogens is 304 g/mol. The van der Waals surface area contributed by atoms with Crippen LogP contribution in [0.15, 0.2) is 12.2 Å². The molecule has 0 bridgehead atoms. The van der Waals surface area contributed by atoms with Crippen LogP contribution in [0.1, 0.15) is 84.0 Å². The van der Waals surface area contributed by atoms with Gasteiger partial charge in [0.25, 0.3) is 0 Å². The van der Waals surface area contributed by atoms with E-state index >= 15 is 0 Å². The van der Waals surface area contributed by atoms with E-state index in [9.17, 15) is 14.4 Å². The predicted molar refractivity (Wildman–Crippen MR) is 94.8 cm³/mol. The molecule has 1 aliphatic rings. The Kier molecular flexibility index (Phi) is 10.3. The van der Waals surface area contributed by atoms with Crippen molar-refractivity contribution in [1.82, 2.24) is 0 Å². The summed E-state index contributed by atoms with van der Waals surface area (Å²) in [4.78, 5) is 34.3. The maximum absolute atomic E-state index is 12.1. The third kappa shape index (κ3) is 8.42. The first-order valence-corrected chi connectivity index (χ1v) is 9.50. The normalized spacial score (nSPS) is 20.8. The van der Waals surface area contributed by atoms with Crippen molar-refractivity contribution in [3.63, 3.8) is 0 Å². The Morgan fingerprint density at radius 3 is 2.50 bits per heavy atom. The average molecular weight is 336 g/mol. The van der Waals surface area contributed by atoms with Gasteiger partial charge in [0.15, 0.2) is 5.78 Å². The molecule has 1 saturated carbocycles. The van der Waals surface area contributed by atoms with E-state index < -0.39 is 5.97 Å². The topological polar surface area (TPSA) is 71.4 Å². The zero-order chi connectivity index (χ0) is 17.8. The number of aliphatic carboxylic acids is 1. The van der Waals surface area contributed by atoms with Crippen molar-refractivity contribution >= 4 is 17.5 Å². The lowest BCUT2D eigenvalue weighted by atomic mass is 9.89. The van der Waals surface area contributed by atoms with Crippen LogP contribution in [-0.2, 0) is 14.4 Å². The molecule has 0 spiro atoms. The Labute approximate surface area is 145 Å². The number of carbonyl (C=O) groups is 3. The lowest BCUT2D eigenvalue weighted by molar-refractivity contribution is -0.137. The molecular formula is C20H32O4. The number of hydrogen-bond acceptors (Lipinski definition) is 3. The van der Waals surface area contributed by atoms with Gasteiger partial charge in [0.1, 0.15) is 5.78 Å². The molecule has 4 heteroatoms. The summed E-state index contributed by atoms with van der Waals surface area (Å²) in [6.07, 6.45) is 13.6. The molecule has 24 heavy (non-hydrogen) atoms. The standard InChI is InChI=1S/C20H32O4/c1-2-3-6-9-17(21)14-12-16-13-15-19(22)18(16)10-7-4-5-8-11-20(23)24/h12,14,16,18H,2-11,13,15H2,1H3,(H,23,24)/t16-,18+/m0/s1. The summed E-state index contributed by atoms with van der Waals surface area (Å²) in [6.45, 7) is 2.12. The minimum absolute atomic E-state index is 0.0594. The second-order valence-electron chi connectivity index (χ2n) is 6.90. The molecule has 0 saturated heterocycles. The van der Waals surface area contributed by atoms with E-state index in [2.05, 4.69) is 6.92 Å². The van der Waals surface area contributed by atoms with Gasteiger partial charge in [0.05, 0.1) is 0 Å². The maximum atomic E-state index is 12.1. The van der Waals surface area contributed by atoms with E-state index in [1.54, 1.807) is 6.08 Å². The molecule has 0 aromatic carbocycles. The van der Waals surface area contributed by atoms with Crippen LogP contribution in [0.25, 0.3) is 0 Å². The van der Waals surface area contributed by atoms with Crippen LogP contribution in [0.2, 0.25) is 0 Å². The highest BCUT2D eigenvalue weighted by atomic mass is 16.4. The van der Waals surface area contributed by atoms with E-state index in [0.717, 1.165) is 51.4 Å². The van der Waals surface area contributed by atoms with Crippen molar-refractivity contribution < 1.29 is 19.5 Å². The zero-order valence-corrected chi connectivity index (χ0v) is 15.0. The molecule has 0 radical (unpaired) electrons. The van der Waals surface area contributed by atoms with Crippen LogP contribution in [0, 0.1) is 11.8 Å². The third-order valence-corrected chi connectivity index (χ3v) is 4.87. The van der Waals surface area contributed by atoms with Gasteiger partial charge in [-0.3, -0.25) is 14.4 Å². The molecule has 0 aliphatic heterocycles. The van der Waals surface area contributed by atoms with Crippen LogP contribution < -0.4 is 0 Å². The van der Waals surface area contributed by atoms with Crippen LogP contribution in [-0.4, -0.2) is 22.6 Å². The number of carboxylic acid groups (broad SMARTS) is 1. The molecule has 0 heterocycles. The van der Waals surface area contributed by atoms with Crippen molar-refractivity contribution in [2.75, 3.05) is 0 Å². The predicted octanol–water partition coefficient (Wildman–Crippen LogP) is 4.71. The van der Waals surface area contributed by atoms with Gasteiger partial charge in [-0.2, -0.15) is 0 Å². The number of allylic oxidation sites excluding steroid dienone is 2. The highest BCUT2D eigenvalue weighted by molar-refractivity contribution is 5.90. The summed E-state index contributed by atoms with van der Waals surface area (Å²) >= 11 is 0. The fraction of sp³-hybridized carbons (Fsp3) is 0.750. The molecule has 1 rings (SSSR count). The lowest BCUT2D eigenvalue weighted by Crippen LogP contribution is -2.13. The molecule has 1 fully saturated rings. The summed E-state index contributed by atoms with van der Waals surface area (Å²) < 4.78 is 0. The first-order valence-electron chi connectivity index (χ1n) is 9.50. The van der Waals surface area contributed by atoms with Crippen LogP contribution in [0.5, 0.6) is 0 Å². The van der Waals surface area contributed by atoms with Crippen molar-refractivity contribution in [2.45, 2.75) is 84.0 Å². The Balaban J connectivity index is 2.29. The molecule has 0 amide bonds. The van der Waals surface area contributed by atoms with Crippen LogP contribution >= 0.6 is 0 Å². The molecule has 1 aliphatic carbocycles. The minimum Gasteiger partial charge on any atom is -0.481 e. The van der Waals surface area contributed by atoms with Crippen LogP contribution in [0.4, 0.5) is 0 Å². The Bertz CT molecular complexity index is 439. The van der Waals surface area contributed by atoms with Gasteiger partial charge in [-0.05, 0) is 37.7 Å². The Morgan fingerprint density at radius 2 is 1.79 bits per heavy atom. The molecule has 0 aromatic rings. The summed E-state index contributed by atoms with van der Waals surface area (Å²) in [6, 6.07) is 0. The second kappa shape index (κ2) is 12.0. The third-order valence-electron chi connectivity index (χ3n) is 4.87. The smallest absolute Gasteiger partial charge is 0.303 e. The number of rotatable bonds is 13. The van der Waals surface area contributed by atoms with E-state index in [0.29, 0.717) is 25.0 Å². The van der Waals surface area contributed by atoms with E-state index in [4.69, 9.17) is 5.11 Å². The SMILES string of the molecule is CCCCCC(=O)C=C[C@H]1CCC(=O)[C@@H]1CCCCCCC(=O)O. The van der Waals surface area contributed by atoms with Gasteiger partial charge in [-0.1, -0.05) is 45.1 Å². The fourth-order valence-electron chi connectivity index (χ4n) is 3.40. The van der Waals surface area contributed by atoms with Crippen molar-refractivity contribution in [3.05, 3.63) is 12.2 Å². The first-order chi connectivity index (χ1) is 11.5. The minimum atomic E-state index is -0.741. The summed E-state index contributed by atoms with van der Waals surface area (Å²) in [7, 11) is 0. The van der Waals surface area contributed by atoms with Gasteiger partial charge in [-0.25, -0.2) is 0 Å². The number of unbranched alkanes of at least 4 members (excludes halogenated alkanes) is 5. The largest absolute Gasteiger partial charge is 0.481 e. The summed E-state index contributed by atoms with van der Waals surface area (Å²) in [5.41, 5.74) is 0. The van der Waals surface area contributed by atoms with E-state index in [-0.39, 0.29) is 24.0 Å². The molecule has 1 N–H and O–H groups in total. The van der Waals surface area contributed by atoms with Gasteiger partial charge >= 0.3 is 5.97 Å². The van der Waals surface area contributed by atoms with Crippen molar-refractivity contribution in [3.8, 4) is 0 Å². The summed E-state index contributed by atoms with van der Waals surface area (Å²) in [5, 5.41) is 8.60. The lowest BCUT2D eigenvalue weighted by Gasteiger charge is -2.14. The molecule has 2 atom stereocenters. The Hall–Kier alpha value is -1.45. The molecule has 136 valence electrons. The quantitative estimate of drug-likeness (QED) is 0.390. The monoisotopic (exact) mass is 336 g/mol. The maximum Gasteiger partial charge on any atom is 0.303 e. The van der Waals surface area contributed by atoms with Gasteiger partial charge < -0.3 is 5.11 Å². The zero-order valence-electron chi connectivity index (χ0n) is 15.0. The van der Waals surface area contributed by atoms with Gasteiger partial charge in [0, 0.05) is 25.2 Å². The van der Waals surface area contributed by atoms with Gasteiger partial charge in [-0.15, -0.1) is 0 Å². The van der Waals surface area contributed by atoms with E-state index in [1.165, 1.54) is 0 Å². The van der Waals surface area contributed by atoms with E-state index in [1.807, 2.05) is 6.08 Å². The Morgan fingerprint density at radius 1 is 1.08 bits per heavy atom. The number of carboxylic acids is 1. The number of Topliss-reactive ketones (excluding diaryl/α,β-unsaturated/α-hetero) is 1. The van der Waals surface area contributed by atoms with Crippen molar-refractivity contribution in [1.29, 1.82) is 0 Å². The average Bonchev–Trinajstić information content (AvgIpc) is 2.89. The van der Waals surface area contributed by atoms with Crippen LogP contribution in [0.3, 0.4) is 0 Å². The van der Waals surface area contributed by atoms with Gasteiger partial charge in [0.2, 0.25) is 0 Å². The number of ketones is 2. The summed E-state index contributed by atoms with van der Waals surface area (Å²) in [5.74, 6) is 0.0365. The molecule has 0 unspecified atom stereocenters. The second-order valence-corrected chi connectivity index (χ2v) is 6.90. The van der Waals surface area contributed by atoms with Crippen molar-refractivity contribution in [2.24, 2.45) is 11.8 Å². The molecule has 0 aromatic heterocycles. The fourth-order valence-corrected chi connectivity index (χ4v) is 3.40. The molecule has 4 nitrogen and oxygen atoms in total. The number of hydrogen-bond donors (Lipinski definition) is 1. The number of carbonyl (C=O) groups excluding carboxylic acids is 2. The highest BCUT2D eigenvalue weighted by Gasteiger charge is 2.32. The first kappa shape index (κ1) is 20.6.